The average molecular weight is 292 g/mol. The van der Waals surface area contributed by atoms with Gasteiger partial charge in [-0.3, -0.25) is 9.78 Å². The number of aryl methyl sites for hydroxylation is 1. The monoisotopic (exact) mass is 292 g/mol. The molecule has 1 unspecified atom stereocenters. The molecule has 4 heteroatoms. The number of furan rings is 1. The van der Waals surface area contributed by atoms with Crippen molar-refractivity contribution >= 4 is 5.91 Å². The van der Waals surface area contributed by atoms with E-state index in [1.54, 1.807) is 24.5 Å². The maximum atomic E-state index is 12.3. The first-order valence-corrected chi connectivity index (χ1v) is 7.05. The maximum Gasteiger partial charge on any atom is 0.287 e. The SMILES string of the molecule is Cc1ccc(C(NC(=O)c2ccco2)c2cccnc2)cc1. The molecule has 0 saturated carbocycles. The summed E-state index contributed by atoms with van der Waals surface area (Å²) in [4.78, 5) is 16.4. The normalized spacial score (nSPS) is 11.9. The van der Waals surface area contributed by atoms with Gasteiger partial charge in [0.15, 0.2) is 5.76 Å². The number of nitrogens with zero attached hydrogens (tertiary/aromatic N) is 1. The van der Waals surface area contributed by atoms with Gasteiger partial charge in [-0.1, -0.05) is 35.9 Å². The van der Waals surface area contributed by atoms with E-state index in [-0.39, 0.29) is 11.9 Å². The van der Waals surface area contributed by atoms with Crippen LogP contribution in [0, 0.1) is 6.92 Å². The van der Waals surface area contributed by atoms with Crippen molar-refractivity contribution in [2.24, 2.45) is 0 Å². The molecule has 1 aromatic carbocycles. The van der Waals surface area contributed by atoms with E-state index in [1.165, 1.54) is 11.8 Å². The predicted molar refractivity (Wildman–Crippen MR) is 83.4 cm³/mol. The van der Waals surface area contributed by atoms with Gasteiger partial charge in [0.25, 0.3) is 5.91 Å². The fourth-order valence-electron chi connectivity index (χ4n) is 2.27. The van der Waals surface area contributed by atoms with Crippen LogP contribution in [-0.4, -0.2) is 10.9 Å². The number of hydrogen-bond acceptors (Lipinski definition) is 3. The van der Waals surface area contributed by atoms with Crippen LogP contribution in [0.15, 0.2) is 71.6 Å². The van der Waals surface area contributed by atoms with Crippen molar-refractivity contribution in [1.82, 2.24) is 10.3 Å². The molecule has 0 saturated heterocycles. The Morgan fingerprint density at radius 2 is 1.91 bits per heavy atom. The molecular weight excluding hydrogens is 276 g/mol. The smallest absolute Gasteiger partial charge is 0.287 e. The summed E-state index contributed by atoms with van der Waals surface area (Å²) in [6, 6.07) is 14.9. The summed E-state index contributed by atoms with van der Waals surface area (Å²) in [7, 11) is 0. The summed E-state index contributed by atoms with van der Waals surface area (Å²) < 4.78 is 5.16. The highest BCUT2D eigenvalue weighted by atomic mass is 16.3. The minimum Gasteiger partial charge on any atom is -0.459 e. The lowest BCUT2D eigenvalue weighted by Gasteiger charge is -2.19. The third-order valence-corrected chi connectivity index (χ3v) is 3.45. The van der Waals surface area contributed by atoms with Gasteiger partial charge < -0.3 is 9.73 Å². The van der Waals surface area contributed by atoms with Crippen LogP contribution in [0.2, 0.25) is 0 Å². The molecule has 22 heavy (non-hydrogen) atoms. The number of pyridine rings is 1. The van der Waals surface area contributed by atoms with Crippen LogP contribution in [0.3, 0.4) is 0 Å². The molecule has 110 valence electrons. The predicted octanol–water partition coefficient (Wildman–Crippen LogP) is 3.50. The van der Waals surface area contributed by atoms with E-state index < -0.39 is 0 Å². The number of rotatable bonds is 4. The van der Waals surface area contributed by atoms with Crippen LogP contribution in [0.25, 0.3) is 0 Å². The molecule has 0 aliphatic carbocycles. The molecule has 1 amide bonds. The quantitative estimate of drug-likeness (QED) is 0.800. The van der Waals surface area contributed by atoms with Gasteiger partial charge in [0, 0.05) is 12.4 Å². The number of amides is 1. The first-order valence-electron chi connectivity index (χ1n) is 7.05. The largest absolute Gasteiger partial charge is 0.459 e. The second kappa shape index (κ2) is 6.26. The highest BCUT2D eigenvalue weighted by molar-refractivity contribution is 5.91. The summed E-state index contributed by atoms with van der Waals surface area (Å²) in [5, 5.41) is 3.00. The minimum atomic E-state index is -0.271. The van der Waals surface area contributed by atoms with Crippen LogP contribution in [0.4, 0.5) is 0 Å². The number of benzene rings is 1. The van der Waals surface area contributed by atoms with Gasteiger partial charge in [-0.2, -0.15) is 0 Å². The van der Waals surface area contributed by atoms with Crippen LogP contribution >= 0.6 is 0 Å². The van der Waals surface area contributed by atoms with Gasteiger partial charge in [-0.15, -0.1) is 0 Å². The standard InChI is InChI=1S/C18H16N2O2/c1-13-6-8-14(9-7-13)17(15-4-2-10-19-12-15)20-18(21)16-5-3-11-22-16/h2-12,17H,1H3,(H,20,21). The van der Waals surface area contributed by atoms with Crippen LogP contribution in [-0.2, 0) is 0 Å². The molecule has 0 bridgehead atoms. The van der Waals surface area contributed by atoms with Crippen molar-refractivity contribution in [2.75, 3.05) is 0 Å². The van der Waals surface area contributed by atoms with E-state index in [0.29, 0.717) is 5.76 Å². The zero-order valence-corrected chi connectivity index (χ0v) is 12.2. The number of hydrogen-bond donors (Lipinski definition) is 1. The number of aromatic nitrogens is 1. The van der Waals surface area contributed by atoms with Crippen molar-refractivity contribution in [3.63, 3.8) is 0 Å². The zero-order valence-electron chi connectivity index (χ0n) is 12.2. The van der Waals surface area contributed by atoms with E-state index in [4.69, 9.17) is 4.42 Å². The molecule has 0 fully saturated rings. The van der Waals surface area contributed by atoms with Crippen molar-refractivity contribution in [3.05, 3.63) is 89.6 Å². The highest BCUT2D eigenvalue weighted by Crippen LogP contribution is 2.22. The summed E-state index contributed by atoms with van der Waals surface area (Å²) >= 11 is 0. The lowest BCUT2D eigenvalue weighted by Crippen LogP contribution is -2.29. The molecule has 0 spiro atoms. The molecule has 3 aromatic rings. The summed E-state index contributed by atoms with van der Waals surface area (Å²) in [5.41, 5.74) is 3.09. The third-order valence-electron chi connectivity index (χ3n) is 3.45. The Hall–Kier alpha value is -2.88. The second-order valence-corrected chi connectivity index (χ2v) is 5.08. The van der Waals surface area contributed by atoms with Crippen molar-refractivity contribution < 1.29 is 9.21 Å². The van der Waals surface area contributed by atoms with Gasteiger partial charge >= 0.3 is 0 Å². The Kier molecular flexibility index (Phi) is 4.01. The molecule has 3 rings (SSSR count). The zero-order chi connectivity index (χ0) is 15.4. The van der Waals surface area contributed by atoms with Gasteiger partial charge in [0.2, 0.25) is 0 Å². The van der Waals surface area contributed by atoms with E-state index >= 15 is 0 Å². The van der Waals surface area contributed by atoms with E-state index in [0.717, 1.165) is 11.1 Å². The molecule has 0 aliphatic rings. The van der Waals surface area contributed by atoms with Gasteiger partial charge in [-0.05, 0) is 36.2 Å². The third kappa shape index (κ3) is 3.06. The molecule has 4 nitrogen and oxygen atoms in total. The number of carbonyl (C=O) groups is 1. The molecule has 2 aromatic heterocycles. The molecule has 1 atom stereocenters. The Labute approximate surface area is 128 Å². The highest BCUT2D eigenvalue weighted by Gasteiger charge is 2.19. The molecular formula is C18H16N2O2. The van der Waals surface area contributed by atoms with Crippen molar-refractivity contribution in [3.8, 4) is 0 Å². The summed E-state index contributed by atoms with van der Waals surface area (Å²) in [6.45, 7) is 2.03. The van der Waals surface area contributed by atoms with E-state index in [9.17, 15) is 4.79 Å². The fourth-order valence-corrected chi connectivity index (χ4v) is 2.27. The molecule has 0 aliphatic heterocycles. The Bertz CT molecular complexity index is 735. The van der Waals surface area contributed by atoms with Gasteiger partial charge in [0.1, 0.15) is 0 Å². The van der Waals surface area contributed by atoms with Crippen LogP contribution in [0.1, 0.15) is 33.3 Å². The first kappa shape index (κ1) is 14.1. The maximum absolute atomic E-state index is 12.3. The number of carbonyl (C=O) groups excluding carboxylic acids is 1. The van der Waals surface area contributed by atoms with Crippen LogP contribution in [0.5, 0.6) is 0 Å². The Morgan fingerprint density at radius 1 is 1.09 bits per heavy atom. The minimum absolute atomic E-state index is 0.251. The Morgan fingerprint density at radius 3 is 2.55 bits per heavy atom. The molecule has 0 radical (unpaired) electrons. The van der Waals surface area contributed by atoms with E-state index in [1.807, 2.05) is 43.3 Å². The molecule has 1 N–H and O–H groups in total. The topological polar surface area (TPSA) is 55.1 Å². The first-order chi connectivity index (χ1) is 10.7. The fraction of sp³-hybridized carbons (Fsp3) is 0.111. The van der Waals surface area contributed by atoms with Crippen molar-refractivity contribution in [2.45, 2.75) is 13.0 Å². The lowest BCUT2D eigenvalue weighted by atomic mass is 9.99. The number of nitrogens with one attached hydrogen (secondary N) is 1. The average Bonchev–Trinajstić information content (AvgIpc) is 3.09. The second-order valence-electron chi connectivity index (χ2n) is 5.08. The van der Waals surface area contributed by atoms with Gasteiger partial charge in [0.05, 0.1) is 12.3 Å². The van der Waals surface area contributed by atoms with E-state index in [2.05, 4.69) is 10.3 Å². The van der Waals surface area contributed by atoms with Gasteiger partial charge in [-0.25, -0.2) is 0 Å². The molecule has 2 heterocycles. The summed E-state index contributed by atoms with van der Waals surface area (Å²) in [6.07, 6.45) is 4.96. The summed E-state index contributed by atoms with van der Waals surface area (Å²) in [5.74, 6) is 0.0421. The van der Waals surface area contributed by atoms with Crippen molar-refractivity contribution in [1.29, 1.82) is 0 Å². The Balaban J connectivity index is 1.93. The lowest BCUT2D eigenvalue weighted by molar-refractivity contribution is 0.0915. The van der Waals surface area contributed by atoms with Crippen LogP contribution < -0.4 is 5.32 Å².